The van der Waals surface area contributed by atoms with Crippen LogP contribution in [0.5, 0.6) is 0 Å². The maximum absolute atomic E-state index is 14.0. The summed E-state index contributed by atoms with van der Waals surface area (Å²) >= 11 is 0. The Labute approximate surface area is 123 Å². The molecule has 1 N–H and O–H groups in total. The highest BCUT2D eigenvalue weighted by Crippen LogP contribution is 2.29. The lowest BCUT2D eigenvalue weighted by atomic mass is 10.0. The minimum absolute atomic E-state index is 0.112. The molecule has 1 aliphatic heterocycles. The van der Waals surface area contributed by atoms with Crippen LogP contribution in [-0.4, -0.2) is 37.1 Å². The van der Waals surface area contributed by atoms with E-state index >= 15 is 0 Å². The zero-order valence-electron chi connectivity index (χ0n) is 12.4. The molecule has 1 heterocycles. The van der Waals surface area contributed by atoms with Crippen LogP contribution in [0.3, 0.4) is 0 Å². The fraction of sp³-hybridized carbons (Fsp3) is 0.533. The van der Waals surface area contributed by atoms with Crippen molar-refractivity contribution in [1.82, 2.24) is 10.2 Å². The summed E-state index contributed by atoms with van der Waals surface area (Å²) in [4.78, 5) is 13.8. The standard InChI is InChI=1S/C15H20F2N2O2/c1-9(2)13(8-21-3)19-14(20)7-18-15(19)11-5-4-10(16)6-12(11)17/h4-6,9,13,15,18H,7-8H2,1-3H3. The van der Waals surface area contributed by atoms with Crippen LogP contribution in [0, 0.1) is 17.6 Å². The van der Waals surface area contributed by atoms with Crippen LogP contribution in [-0.2, 0) is 9.53 Å². The van der Waals surface area contributed by atoms with Gasteiger partial charge < -0.3 is 9.64 Å². The molecule has 0 bridgehead atoms. The van der Waals surface area contributed by atoms with Gasteiger partial charge in [-0.05, 0) is 18.1 Å². The van der Waals surface area contributed by atoms with Crippen molar-refractivity contribution in [3.8, 4) is 0 Å². The van der Waals surface area contributed by atoms with E-state index in [0.29, 0.717) is 6.61 Å². The van der Waals surface area contributed by atoms with Crippen LogP contribution < -0.4 is 5.32 Å². The predicted molar refractivity (Wildman–Crippen MR) is 74.4 cm³/mol. The van der Waals surface area contributed by atoms with Crippen molar-refractivity contribution in [3.63, 3.8) is 0 Å². The van der Waals surface area contributed by atoms with E-state index in [1.165, 1.54) is 12.1 Å². The monoisotopic (exact) mass is 298 g/mol. The molecule has 1 aliphatic rings. The summed E-state index contributed by atoms with van der Waals surface area (Å²) in [6.07, 6.45) is -0.597. The van der Waals surface area contributed by atoms with Gasteiger partial charge in [0.2, 0.25) is 5.91 Å². The molecule has 0 aromatic heterocycles. The number of hydrogen-bond acceptors (Lipinski definition) is 3. The number of amides is 1. The SMILES string of the molecule is COCC(C(C)C)N1C(=O)CNC1c1ccc(F)cc1F. The normalized spacial score (nSPS) is 20.4. The van der Waals surface area contributed by atoms with Gasteiger partial charge in [0.1, 0.15) is 17.8 Å². The Morgan fingerprint density at radius 2 is 2.14 bits per heavy atom. The van der Waals surface area contributed by atoms with Crippen molar-refractivity contribution in [3.05, 3.63) is 35.4 Å². The molecule has 1 saturated heterocycles. The second kappa shape index (κ2) is 6.49. The molecular formula is C15H20F2N2O2. The molecular weight excluding hydrogens is 278 g/mol. The number of benzene rings is 1. The molecule has 0 radical (unpaired) electrons. The highest BCUT2D eigenvalue weighted by Gasteiger charge is 2.39. The van der Waals surface area contributed by atoms with Gasteiger partial charge in [0, 0.05) is 18.7 Å². The van der Waals surface area contributed by atoms with Crippen LogP contribution in [0.1, 0.15) is 25.6 Å². The Bertz CT molecular complexity index is 522. The Morgan fingerprint density at radius 3 is 2.71 bits per heavy atom. The average molecular weight is 298 g/mol. The highest BCUT2D eigenvalue weighted by molar-refractivity contribution is 5.81. The predicted octanol–water partition coefficient (Wildman–Crippen LogP) is 2.07. The number of carbonyl (C=O) groups excluding carboxylic acids is 1. The van der Waals surface area contributed by atoms with E-state index in [1.807, 2.05) is 13.8 Å². The number of methoxy groups -OCH3 is 1. The second-order valence-corrected chi connectivity index (χ2v) is 5.52. The number of carbonyl (C=O) groups is 1. The number of rotatable bonds is 5. The van der Waals surface area contributed by atoms with Gasteiger partial charge in [-0.1, -0.05) is 13.8 Å². The first-order chi connectivity index (χ1) is 9.95. The lowest BCUT2D eigenvalue weighted by Gasteiger charge is -2.35. The van der Waals surface area contributed by atoms with Gasteiger partial charge in [-0.25, -0.2) is 8.78 Å². The maximum Gasteiger partial charge on any atom is 0.238 e. The largest absolute Gasteiger partial charge is 0.383 e. The number of ether oxygens (including phenoxy) is 1. The molecule has 116 valence electrons. The second-order valence-electron chi connectivity index (χ2n) is 5.52. The zero-order valence-corrected chi connectivity index (χ0v) is 12.4. The van der Waals surface area contributed by atoms with Gasteiger partial charge in [-0.15, -0.1) is 0 Å². The Balaban J connectivity index is 2.35. The van der Waals surface area contributed by atoms with Crippen LogP contribution in [0.2, 0.25) is 0 Å². The van der Waals surface area contributed by atoms with Crippen LogP contribution in [0.15, 0.2) is 18.2 Å². The molecule has 1 fully saturated rings. The van der Waals surface area contributed by atoms with Crippen molar-refractivity contribution in [2.75, 3.05) is 20.3 Å². The van der Waals surface area contributed by atoms with Gasteiger partial charge in [0.05, 0.1) is 19.2 Å². The summed E-state index contributed by atoms with van der Waals surface area (Å²) < 4.78 is 32.2. The average Bonchev–Trinajstić information content (AvgIpc) is 2.77. The summed E-state index contributed by atoms with van der Waals surface area (Å²) in [5.41, 5.74) is 0.268. The van der Waals surface area contributed by atoms with Gasteiger partial charge in [-0.3, -0.25) is 10.1 Å². The van der Waals surface area contributed by atoms with E-state index in [-0.39, 0.29) is 30.0 Å². The van der Waals surface area contributed by atoms with E-state index in [9.17, 15) is 13.6 Å². The molecule has 4 nitrogen and oxygen atoms in total. The summed E-state index contributed by atoms with van der Waals surface area (Å²) in [6.45, 7) is 4.46. The van der Waals surface area contributed by atoms with Crippen molar-refractivity contribution in [2.45, 2.75) is 26.1 Å². The Morgan fingerprint density at radius 1 is 1.43 bits per heavy atom. The van der Waals surface area contributed by atoms with Crippen molar-refractivity contribution in [1.29, 1.82) is 0 Å². The molecule has 2 unspecified atom stereocenters. The van der Waals surface area contributed by atoms with Gasteiger partial charge in [-0.2, -0.15) is 0 Å². The van der Waals surface area contributed by atoms with E-state index < -0.39 is 17.8 Å². The zero-order chi connectivity index (χ0) is 15.6. The third-order valence-electron chi connectivity index (χ3n) is 3.73. The molecule has 1 aromatic rings. The summed E-state index contributed by atoms with van der Waals surface area (Å²) in [6, 6.07) is 3.23. The number of nitrogens with one attached hydrogen (secondary N) is 1. The quantitative estimate of drug-likeness (QED) is 0.905. The van der Waals surface area contributed by atoms with E-state index in [0.717, 1.165) is 6.07 Å². The third kappa shape index (κ3) is 3.22. The number of hydrogen-bond donors (Lipinski definition) is 1. The Kier molecular flexibility index (Phi) is 4.90. The molecule has 0 aliphatic carbocycles. The first kappa shape index (κ1) is 15.9. The van der Waals surface area contributed by atoms with E-state index in [2.05, 4.69) is 5.32 Å². The Hall–Kier alpha value is -1.53. The topological polar surface area (TPSA) is 41.6 Å². The molecule has 1 amide bonds. The molecule has 6 heteroatoms. The van der Waals surface area contributed by atoms with Crippen molar-refractivity contribution < 1.29 is 18.3 Å². The molecule has 2 atom stereocenters. The fourth-order valence-corrected chi connectivity index (χ4v) is 2.64. The minimum Gasteiger partial charge on any atom is -0.383 e. The van der Waals surface area contributed by atoms with Crippen molar-refractivity contribution in [2.24, 2.45) is 5.92 Å². The van der Waals surface area contributed by atoms with E-state index in [1.54, 1.807) is 12.0 Å². The molecule has 21 heavy (non-hydrogen) atoms. The minimum atomic E-state index is -0.660. The summed E-state index contributed by atoms with van der Waals surface area (Å²) in [7, 11) is 1.57. The smallest absolute Gasteiger partial charge is 0.238 e. The molecule has 1 aromatic carbocycles. The number of nitrogens with zero attached hydrogens (tertiary/aromatic N) is 1. The van der Waals surface area contributed by atoms with E-state index in [4.69, 9.17) is 4.74 Å². The first-order valence-electron chi connectivity index (χ1n) is 6.94. The molecule has 2 rings (SSSR count). The van der Waals surface area contributed by atoms with Crippen LogP contribution in [0.25, 0.3) is 0 Å². The first-order valence-corrected chi connectivity index (χ1v) is 6.94. The van der Waals surface area contributed by atoms with Crippen LogP contribution >= 0.6 is 0 Å². The lowest BCUT2D eigenvalue weighted by molar-refractivity contribution is -0.132. The van der Waals surface area contributed by atoms with Gasteiger partial charge in [0.15, 0.2) is 0 Å². The van der Waals surface area contributed by atoms with Crippen LogP contribution in [0.4, 0.5) is 8.78 Å². The number of halogens is 2. The summed E-state index contributed by atoms with van der Waals surface area (Å²) in [5, 5.41) is 2.99. The molecule has 0 spiro atoms. The highest BCUT2D eigenvalue weighted by atomic mass is 19.1. The van der Waals surface area contributed by atoms with Gasteiger partial charge in [0.25, 0.3) is 0 Å². The molecule has 0 saturated carbocycles. The van der Waals surface area contributed by atoms with Gasteiger partial charge >= 0.3 is 0 Å². The van der Waals surface area contributed by atoms with Crippen molar-refractivity contribution >= 4 is 5.91 Å². The maximum atomic E-state index is 14.0. The lowest BCUT2D eigenvalue weighted by Crippen LogP contribution is -2.45. The third-order valence-corrected chi connectivity index (χ3v) is 3.73. The fourth-order valence-electron chi connectivity index (χ4n) is 2.64. The summed E-state index contributed by atoms with van der Waals surface area (Å²) in [5.74, 6) is -1.25.